The monoisotopic (exact) mass is 560 g/mol. The Labute approximate surface area is 222 Å². The van der Waals surface area contributed by atoms with Crippen LogP contribution >= 0.6 is 23.2 Å². The van der Waals surface area contributed by atoms with Crippen LogP contribution in [0.2, 0.25) is 10.3 Å². The zero-order chi connectivity index (χ0) is 27.2. The minimum absolute atomic E-state index is 0.118. The van der Waals surface area contributed by atoms with Gasteiger partial charge in [0.2, 0.25) is 0 Å². The molecule has 0 fully saturated rings. The second-order valence-corrected chi connectivity index (χ2v) is 8.37. The number of aromatic amines is 1. The van der Waals surface area contributed by atoms with Gasteiger partial charge in [-0.3, -0.25) is 9.89 Å². The van der Waals surface area contributed by atoms with Crippen molar-refractivity contribution in [2.45, 2.75) is 6.42 Å². The first kappa shape index (κ1) is 26.8. The molecule has 1 N–H and O–H groups in total. The predicted octanol–water partition coefficient (Wildman–Crippen LogP) is 6.30. The van der Waals surface area contributed by atoms with Crippen molar-refractivity contribution >= 4 is 29.0 Å². The van der Waals surface area contributed by atoms with Crippen molar-refractivity contribution < 1.29 is 22.4 Å². The van der Waals surface area contributed by atoms with Crippen molar-refractivity contribution in [3.8, 4) is 22.5 Å². The highest BCUT2D eigenvalue weighted by molar-refractivity contribution is 6.29. The Balaban J connectivity index is 0.000000178. The van der Waals surface area contributed by atoms with E-state index in [9.17, 15) is 22.4 Å². The van der Waals surface area contributed by atoms with Crippen LogP contribution in [-0.2, 0) is 6.42 Å². The third-order valence-electron chi connectivity index (χ3n) is 5.01. The number of hydrogen-bond acceptors (Lipinski definition) is 6. The predicted molar refractivity (Wildman–Crippen MR) is 131 cm³/mol. The fourth-order valence-electron chi connectivity index (χ4n) is 3.25. The molecule has 0 atom stereocenters. The van der Waals surface area contributed by atoms with Gasteiger partial charge in [0.05, 0.1) is 35.3 Å². The summed E-state index contributed by atoms with van der Waals surface area (Å²) in [4.78, 5) is 11.8. The molecule has 5 aromatic rings. The van der Waals surface area contributed by atoms with Gasteiger partial charge in [0.15, 0.2) is 16.1 Å². The summed E-state index contributed by atoms with van der Waals surface area (Å²) in [6.45, 7) is 0. The molecule has 0 spiro atoms. The highest BCUT2D eigenvalue weighted by Crippen LogP contribution is 2.30. The molecule has 2 aromatic carbocycles. The van der Waals surface area contributed by atoms with Gasteiger partial charge in [0, 0.05) is 23.3 Å². The Morgan fingerprint density at radius 2 is 1.39 bits per heavy atom. The van der Waals surface area contributed by atoms with Gasteiger partial charge in [-0.1, -0.05) is 23.2 Å². The minimum Gasteiger partial charge on any atom is -0.294 e. The van der Waals surface area contributed by atoms with E-state index in [-0.39, 0.29) is 27.9 Å². The lowest BCUT2D eigenvalue weighted by atomic mass is 10.1. The van der Waals surface area contributed by atoms with Gasteiger partial charge < -0.3 is 0 Å². The summed E-state index contributed by atoms with van der Waals surface area (Å²) in [5, 5.41) is 21.9. The second kappa shape index (κ2) is 11.9. The van der Waals surface area contributed by atoms with Gasteiger partial charge >= 0.3 is 0 Å². The number of halogens is 6. The largest absolute Gasteiger partial charge is 0.294 e. The molecule has 7 nitrogen and oxygen atoms in total. The first-order chi connectivity index (χ1) is 18.2. The summed E-state index contributed by atoms with van der Waals surface area (Å²) in [5.74, 6) is -3.43. The van der Waals surface area contributed by atoms with Crippen LogP contribution in [0.4, 0.5) is 17.6 Å². The molecule has 0 aliphatic heterocycles. The number of H-pyrrole nitrogens is 1. The van der Waals surface area contributed by atoms with Gasteiger partial charge in [-0.05, 0) is 48.5 Å². The van der Waals surface area contributed by atoms with Gasteiger partial charge in [-0.2, -0.15) is 10.2 Å². The van der Waals surface area contributed by atoms with Crippen LogP contribution < -0.4 is 0 Å². The smallest absolute Gasteiger partial charge is 0.171 e. The SMILES string of the molecule is Fc1ccc(-c2[nH]ncc2-c2ccc(Cl)nn2)c(F)c1.O=C(Cc1ccc(Cl)nn1)c1ccc(F)cc1F. The molecule has 0 saturated carbocycles. The Bertz CT molecular complexity index is 1580. The molecule has 0 amide bonds. The highest BCUT2D eigenvalue weighted by atomic mass is 35.5. The summed E-state index contributed by atoms with van der Waals surface area (Å²) in [6.07, 6.45) is 1.38. The number of hydrogen-bond donors (Lipinski definition) is 1. The third kappa shape index (κ3) is 6.55. The quantitative estimate of drug-likeness (QED) is 0.200. The first-order valence-corrected chi connectivity index (χ1v) is 11.4. The van der Waals surface area contributed by atoms with Crippen LogP contribution in [0.3, 0.4) is 0 Å². The Kier molecular flexibility index (Phi) is 8.39. The molecule has 0 saturated heterocycles. The average Bonchev–Trinajstić information content (AvgIpc) is 3.36. The third-order valence-corrected chi connectivity index (χ3v) is 5.41. The maximum absolute atomic E-state index is 13.8. The fourth-order valence-corrected chi connectivity index (χ4v) is 3.45. The topological polar surface area (TPSA) is 97.3 Å². The normalized spacial score (nSPS) is 10.6. The molecular formula is C25H14Cl2F4N6O. The number of nitrogens with zero attached hydrogens (tertiary/aromatic N) is 5. The number of carbonyl (C=O) groups excluding carboxylic acids is 1. The molecule has 38 heavy (non-hydrogen) atoms. The lowest BCUT2D eigenvalue weighted by molar-refractivity contribution is 0.0987. The Morgan fingerprint density at radius 3 is 2.00 bits per heavy atom. The van der Waals surface area contributed by atoms with Crippen molar-refractivity contribution in [3.63, 3.8) is 0 Å². The van der Waals surface area contributed by atoms with Crippen molar-refractivity contribution in [3.05, 3.63) is 112 Å². The zero-order valence-corrected chi connectivity index (χ0v) is 20.5. The maximum atomic E-state index is 13.8. The van der Waals surface area contributed by atoms with Crippen molar-refractivity contribution in [2.75, 3.05) is 0 Å². The molecule has 0 radical (unpaired) electrons. The number of Topliss-reactive ketones (excluding diaryl/α,β-unsaturated/α-hetero) is 1. The van der Waals surface area contributed by atoms with Crippen LogP contribution in [0.1, 0.15) is 16.1 Å². The summed E-state index contributed by atoms with van der Waals surface area (Å²) in [7, 11) is 0. The lowest BCUT2D eigenvalue weighted by Gasteiger charge is -2.04. The van der Waals surface area contributed by atoms with Gasteiger partial charge in [-0.15, -0.1) is 15.3 Å². The van der Waals surface area contributed by atoms with Gasteiger partial charge in [0.25, 0.3) is 0 Å². The molecule has 0 bridgehead atoms. The maximum Gasteiger partial charge on any atom is 0.171 e. The number of carbonyl (C=O) groups is 1. The van der Waals surface area contributed by atoms with Crippen molar-refractivity contribution in [2.24, 2.45) is 0 Å². The summed E-state index contributed by atoms with van der Waals surface area (Å²) < 4.78 is 52.8. The van der Waals surface area contributed by atoms with Crippen molar-refractivity contribution in [1.82, 2.24) is 30.6 Å². The summed E-state index contributed by atoms with van der Waals surface area (Å²) >= 11 is 11.2. The van der Waals surface area contributed by atoms with Crippen LogP contribution in [0.25, 0.3) is 22.5 Å². The average molecular weight is 561 g/mol. The van der Waals surface area contributed by atoms with E-state index >= 15 is 0 Å². The zero-order valence-electron chi connectivity index (χ0n) is 19.0. The van der Waals surface area contributed by atoms with Crippen LogP contribution in [0.5, 0.6) is 0 Å². The Hall–Kier alpha value is -4.22. The standard InChI is InChI=1S/C13H7ClF2N4.C12H7ClF2N2O/c14-12-4-3-11(18-19-12)9-6-17-20-13(9)8-2-1-7(15)5-10(8)16;13-12-4-2-8(16-17-12)6-11(18)9-3-1-7(14)5-10(9)15/h1-6H,(H,17,20);1-5H,6H2. The van der Waals surface area contributed by atoms with Crippen LogP contribution in [0, 0.1) is 23.3 Å². The first-order valence-electron chi connectivity index (χ1n) is 10.7. The van der Waals surface area contributed by atoms with E-state index in [1.165, 1.54) is 30.5 Å². The molecule has 192 valence electrons. The van der Waals surface area contributed by atoms with Gasteiger partial charge in [0.1, 0.15) is 23.3 Å². The molecule has 3 heterocycles. The molecular weight excluding hydrogens is 547 g/mol. The second-order valence-electron chi connectivity index (χ2n) is 7.60. The molecule has 0 aliphatic rings. The van der Waals surface area contributed by atoms with E-state index in [4.69, 9.17) is 23.2 Å². The number of aromatic nitrogens is 6. The number of rotatable bonds is 5. The van der Waals surface area contributed by atoms with Crippen LogP contribution in [-0.4, -0.2) is 36.4 Å². The Morgan fingerprint density at radius 1 is 0.737 bits per heavy atom. The number of ketones is 1. The van der Waals surface area contributed by atoms with E-state index in [0.29, 0.717) is 28.7 Å². The van der Waals surface area contributed by atoms with E-state index in [1.807, 2.05) is 0 Å². The summed E-state index contributed by atoms with van der Waals surface area (Å²) in [6, 6.07) is 12.4. The highest BCUT2D eigenvalue weighted by Gasteiger charge is 2.16. The molecule has 0 aliphatic carbocycles. The molecule has 3 aromatic heterocycles. The van der Waals surface area contributed by atoms with Gasteiger partial charge in [-0.25, -0.2) is 17.6 Å². The fraction of sp³-hybridized carbons (Fsp3) is 0.0400. The van der Waals surface area contributed by atoms with E-state index < -0.39 is 29.1 Å². The number of nitrogens with one attached hydrogen (secondary N) is 1. The lowest BCUT2D eigenvalue weighted by Crippen LogP contribution is -2.08. The van der Waals surface area contributed by atoms with E-state index in [2.05, 4.69) is 30.6 Å². The number of benzene rings is 2. The molecule has 13 heteroatoms. The van der Waals surface area contributed by atoms with Crippen LogP contribution in [0.15, 0.2) is 66.9 Å². The minimum atomic E-state index is -0.887. The molecule has 0 unspecified atom stereocenters. The van der Waals surface area contributed by atoms with E-state index in [0.717, 1.165) is 18.2 Å². The van der Waals surface area contributed by atoms with E-state index in [1.54, 1.807) is 12.1 Å². The molecule has 5 rings (SSSR count). The van der Waals surface area contributed by atoms with Crippen molar-refractivity contribution in [1.29, 1.82) is 0 Å². The summed E-state index contributed by atoms with van der Waals surface area (Å²) in [5.41, 5.74) is 1.84.